The molecule has 0 aliphatic carbocycles. The lowest BCUT2D eigenvalue weighted by molar-refractivity contribution is -0.130. The number of carbonyl (C=O) groups excluding carboxylic acids is 2. The Morgan fingerprint density at radius 1 is 1.21 bits per heavy atom. The van der Waals surface area contributed by atoms with Gasteiger partial charge in [-0.2, -0.15) is 0 Å². The smallest absolute Gasteiger partial charge is 0.290 e. The van der Waals surface area contributed by atoms with Crippen LogP contribution in [-0.2, 0) is 11.3 Å². The maximum atomic E-state index is 13.3. The third-order valence-electron chi connectivity index (χ3n) is 4.67. The first kappa shape index (κ1) is 18.2. The molecule has 28 heavy (non-hydrogen) atoms. The summed E-state index contributed by atoms with van der Waals surface area (Å²) in [6, 6.07) is 12.0. The Hall–Kier alpha value is -3.19. The molecule has 1 unspecified atom stereocenters. The number of aromatic nitrogens is 1. The third-order valence-corrected chi connectivity index (χ3v) is 5.74. The second kappa shape index (κ2) is 7.09. The van der Waals surface area contributed by atoms with Crippen molar-refractivity contribution in [1.29, 1.82) is 0 Å². The number of rotatable bonds is 5. The first-order valence-electron chi connectivity index (χ1n) is 8.77. The molecular weight excluding hydrogens is 376 g/mol. The van der Waals surface area contributed by atoms with E-state index >= 15 is 0 Å². The average molecular weight is 394 g/mol. The number of hydrogen-bond acceptors (Lipinski definition) is 6. The summed E-state index contributed by atoms with van der Waals surface area (Å²) in [5.74, 6) is -1.10. The molecule has 1 N–H and O–H groups in total. The minimum absolute atomic E-state index is 0.0302. The number of aryl methyl sites for hydroxylation is 2. The van der Waals surface area contributed by atoms with E-state index in [1.54, 1.807) is 19.1 Å². The average Bonchev–Trinajstić information content (AvgIpc) is 3.37. The zero-order chi connectivity index (χ0) is 19.8. The fourth-order valence-corrected chi connectivity index (χ4v) is 4.31. The molecule has 1 aliphatic rings. The molecule has 0 fully saturated rings. The number of aliphatic hydroxyl groups excluding tert-OH is 1. The third kappa shape index (κ3) is 3.03. The monoisotopic (exact) mass is 394 g/mol. The van der Waals surface area contributed by atoms with Crippen LogP contribution in [0.5, 0.6) is 0 Å². The summed E-state index contributed by atoms with van der Waals surface area (Å²) < 4.78 is 5.53. The zero-order valence-electron chi connectivity index (χ0n) is 15.4. The van der Waals surface area contributed by atoms with Gasteiger partial charge in [0.2, 0.25) is 5.78 Å². The number of furan rings is 1. The van der Waals surface area contributed by atoms with Crippen LogP contribution in [0.3, 0.4) is 0 Å². The number of amides is 1. The quantitative estimate of drug-likeness (QED) is 0.658. The van der Waals surface area contributed by atoms with Crippen LogP contribution < -0.4 is 0 Å². The summed E-state index contributed by atoms with van der Waals surface area (Å²) in [6.45, 7) is 3.80. The minimum Gasteiger partial charge on any atom is -0.503 e. The van der Waals surface area contributed by atoms with Crippen molar-refractivity contribution in [3.8, 4) is 0 Å². The van der Waals surface area contributed by atoms with Crippen LogP contribution in [0.2, 0.25) is 0 Å². The van der Waals surface area contributed by atoms with Crippen molar-refractivity contribution >= 4 is 23.0 Å². The Morgan fingerprint density at radius 3 is 2.57 bits per heavy atom. The summed E-state index contributed by atoms with van der Waals surface area (Å²) in [4.78, 5) is 32.3. The molecule has 3 heterocycles. The van der Waals surface area contributed by atoms with Gasteiger partial charge in [-0.25, -0.2) is 4.98 Å². The second-order valence-corrected chi connectivity index (χ2v) is 7.78. The van der Waals surface area contributed by atoms with Crippen LogP contribution >= 0.6 is 11.3 Å². The number of hydrogen-bond donors (Lipinski definition) is 1. The maximum absolute atomic E-state index is 13.3. The summed E-state index contributed by atoms with van der Waals surface area (Å²) in [6.07, 6.45) is 1.49. The normalized spacial score (nSPS) is 16.9. The maximum Gasteiger partial charge on any atom is 0.290 e. The highest BCUT2D eigenvalue weighted by molar-refractivity contribution is 7.14. The Labute approximate surface area is 165 Å². The summed E-state index contributed by atoms with van der Waals surface area (Å²) in [7, 11) is 0. The molecule has 6 nitrogen and oxygen atoms in total. The van der Waals surface area contributed by atoms with Crippen molar-refractivity contribution in [1.82, 2.24) is 9.88 Å². The SMILES string of the molecule is Cc1nc(C)c(C(=O)C2=C(O)C(=O)N(Cc3ccccc3)C2c2ccco2)s1. The molecule has 1 atom stereocenters. The van der Waals surface area contributed by atoms with E-state index in [1.165, 1.54) is 22.5 Å². The highest BCUT2D eigenvalue weighted by Crippen LogP contribution is 2.41. The minimum atomic E-state index is -0.794. The van der Waals surface area contributed by atoms with Crippen molar-refractivity contribution in [3.63, 3.8) is 0 Å². The molecule has 1 amide bonds. The van der Waals surface area contributed by atoms with Gasteiger partial charge in [-0.3, -0.25) is 9.59 Å². The largest absolute Gasteiger partial charge is 0.503 e. The molecule has 0 bridgehead atoms. The van der Waals surface area contributed by atoms with Gasteiger partial charge in [-0.15, -0.1) is 11.3 Å². The highest BCUT2D eigenvalue weighted by atomic mass is 32.1. The van der Waals surface area contributed by atoms with Gasteiger partial charge >= 0.3 is 0 Å². The number of ketones is 1. The number of benzene rings is 1. The molecule has 1 aliphatic heterocycles. The van der Waals surface area contributed by atoms with Gasteiger partial charge in [0.25, 0.3) is 5.91 Å². The van der Waals surface area contributed by atoms with E-state index in [1.807, 2.05) is 37.3 Å². The van der Waals surface area contributed by atoms with E-state index in [4.69, 9.17) is 4.42 Å². The van der Waals surface area contributed by atoms with Crippen molar-refractivity contribution < 1.29 is 19.1 Å². The van der Waals surface area contributed by atoms with Gasteiger partial charge in [0.15, 0.2) is 5.76 Å². The Bertz CT molecular complexity index is 1070. The molecule has 7 heteroatoms. The summed E-state index contributed by atoms with van der Waals surface area (Å²) in [5.41, 5.74) is 1.50. The van der Waals surface area contributed by atoms with Gasteiger partial charge in [-0.1, -0.05) is 30.3 Å². The van der Waals surface area contributed by atoms with E-state index < -0.39 is 23.5 Å². The van der Waals surface area contributed by atoms with Gasteiger partial charge in [-0.05, 0) is 31.5 Å². The lowest BCUT2D eigenvalue weighted by Gasteiger charge is -2.24. The number of thiazole rings is 1. The Kier molecular flexibility index (Phi) is 4.60. The molecule has 3 aromatic rings. The lowest BCUT2D eigenvalue weighted by atomic mass is 9.99. The summed E-state index contributed by atoms with van der Waals surface area (Å²) in [5, 5.41) is 11.4. The van der Waals surface area contributed by atoms with Crippen molar-refractivity contribution in [2.75, 3.05) is 0 Å². The van der Waals surface area contributed by atoms with Crippen molar-refractivity contribution in [2.45, 2.75) is 26.4 Å². The first-order valence-corrected chi connectivity index (χ1v) is 9.59. The predicted octanol–water partition coefficient (Wildman–Crippen LogP) is 4.13. The van der Waals surface area contributed by atoms with E-state index in [0.717, 1.165) is 10.6 Å². The summed E-state index contributed by atoms with van der Waals surface area (Å²) >= 11 is 1.25. The fraction of sp³-hybridized carbons (Fsp3) is 0.190. The fourth-order valence-electron chi connectivity index (χ4n) is 3.44. The molecule has 0 radical (unpaired) electrons. The molecule has 142 valence electrons. The number of carbonyl (C=O) groups is 2. The molecule has 1 aromatic carbocycles. The molecule has 4 rings (SSSR count). The van der Waals surface area contributed by atoms with Crippen LogP contribution in [0.25, 0.3) is 0 Å². The molecule has 0 saturated heterocycles. The van der Waals surface area contributed by atoms with Gasteiger partial charge in [0.05, 0.1) is 27.4 Å². The van der Waals surface area contributed by atoms with E-state index in [0.29, 0.717) is 16.3 Å². The highest BCUT2D eigenvalue weighted by Gasteiger charge is 2.45. The molecule has 0 spiro atoms. The van der Waals surface area contributed by atoms with Gasteiger partial charge < -0.3 is 14.4 Å². The Balaban J connectivity index is 1.78. The van der Waals surface area contributed by atoms with E-state index in [2.05, 4.69) is 4.98 Å². The number of Topliss-reactive ketones (excluding diaryl/α,β-unsaturated/α-hetero) is 1. The van der Waals surface area contributed by atoms with E-state index in [-0.39, 0.29) is 12.1 Å². The van der Waals surface area contributed by atoms with Gasteiger partial charge in [0.1, 0.15) is 11.8 Å². The number of aliphatic hydroxyl groups is 1. The van der Waals surface area contributed by atoms with Crippen molar-refractivity contribution in [3.05, 3.63) is 87.0 Å². The standard InChI is InChI=1S/C21H18N2O4S/c1-12-20(28-13(2)22-12)18(24)16-17(15-9-6-10-27-15)23(21(26)19(16)25)11-14-7-4-3-5-8-14/h3-10,17,25H,11H2,1-2H3. The van der Waals surface area contributed by atoms with Crippen molar-refractivity contribution in [2.24, 2.45) is 0 Å². The number of nitrogens with zero attached hydrogens (tertiary/aromatic N) is 2. The van der Waals surface area contributed by atoms with Gasteiger partial charge in [0, 0.05) is 6.54 Å². The lowest BCUT2D eigenvalue weighted by Crippen LogP contribution is -2.30. The zero-order valence-corrected chi connectivity index (χ0v) is 16.2. The predicted molar refractivity (Wildman–Crippen MR) is 104 cm³/mol. The van der Waals surface area contributed by atoms with Crippen LogP contribution in [0.4, 0.5) is 0 Å². The molecule has 0 saturated carbocycles. The molecular formula is C21H18N2O4S. The van der Waals surface area contributed by atoms with Crippen LogP contribution in [0.1, 0.15) is 37.7 Å². The first-order chi connectivity index (χ1) is 13.5. The van der Waals surface area contributed by atoms with Crippen LogP contribution in [0, 0.1) is 13.8 Å². The molecule has 2 aromatic heterocycles. The van der Waals surface area contributed by atoms with Crippen LogP contribution in [-0.4, -0.2) is 26.7 Å². The topological polar surface area (TPSA) is 83.6 Å². The Morgan fingerprint density at radius 2 is 1.96 bits per heavy atom. The van der Waals surface area contributed by atoms with Crippen LogP contribution in [0.15, 0.2) is 64.5 Å². The second-order valence-electron chi connectivity index (χ2n) is 6.58. The van der Waals surface area contributed by atoms with E-state index in [9.17, 15) is 14.7 Å².